The third-order valence-corrected chi connectivity index (χ3v) is 6.17. The molecule has 25 heavy (non-hydrogen) atoms. The van der Waals surface area contributed by atoms with Gasteiger partial charge in [-0.25, -0.2) is 0 Å². The highest BCUT2D eigenvalue weighted by Gasteiger charge is 2.06. The van der Waals surface area contributed by atoms with Gasteiger partial charge in [0.25, 0.3) is 0 Å². The predicted molar refractivity (Wildman–Crippen MR) is 116 cm³/mol. The molecular formula is C24H38S. The number of aryl methyl sites for hydroxylation is 2. The van der Waals surface area contributed by atoms with Crippen LogP contribution in [-0.2, 0) is 12.8 Å². The maximum atomic E-state index is 2.49. The highest BCUT2D eigenvalue weighted by atomic mass is 32.1. The Balaban J connectivity index is 1.84. The molecule has 0 amide bonds. The van der Waals surface area contributed by atoms with Crippen LogP contribution in [0.5, 0.6) is 0 Å². The molecule has 0 spiro atoms. The van der Waals surface area contributed by atoms with E-state index in [4.69, 9.17) is 0 Å². The van der Waals surface area contributed by atoms with Gasteiger partial charge in [0.2, 0.25) is 0 Å². The minimum Gasteiger partial charge on any atom is -0.151 e. The molecule has 0 nitrogen and oxygen atoms in total. The second-order valence-corrected chi connectivity index (χ2v) is 8.40. The van der Waals surface area contributed by atoms with Gasteiger partial charge in [0.05, 0.1) is 0 Å². The van der Waals surface area contributed by atoms with Crippen molar-refractivity contribution in [1.82, 2.24) is 0 Å². The van der Waals surface area contributed by atoms with Crippen LogP contribution in [0, 0.1) is 0 Å². The number of hydrogen-bond donors (Lipinski definition) is 0. The first-order valence-corrected chi connectivity index (χ1v) is 11.8. The monoisotopic (exact) mass is 358 g/mol. The van der Waals surface area contributed by atoms with Crippen LogP contribution in [-0.4, -0.2) is 0 Å². The summed E-state index contributed by atoms with van der Waals surface area (Å²) in [6, 6.07) is 4.98. The molecule has 0 aliphatic heterocycles. The van der Waals surface area contributed by atoms with Gasteiger partial charge in [-0.15, -0.1) is 0 Å². The average molecular weight is 359 g/mol. The molecule has 1 heteroatoms. The van der Waals surface area contributed by atoms with E-state index in [1.165, 1.54) is 101 Å². The van der Waals surface area contributed by atoms with Crippen molar-refractivity contribution in [2.75, 3.05) is 0 Å². The van der Waals surface area contributed by atoms with Crippen LogP contribution in [0.1, 0.15) is 102 Å². The third kappa shape index (κ3) is 7.52. The molecule has 0 bridgehead atoms. The SMILES string of the molecule is CCCCCCCCc1cc2cscc2cc1CCCCCCCC. The van der Waals surface area contributed by atoms with E-state index in [9.17, 15) is 0 Å². The highest BCUT2D eigenvalue weighted by molar-refractivity contribution is 7.09. The van der Waals surface area contributed by atoms with E-state index < -0.39 is 0 Å². The van der Waals surface area contributed by atoms with Crippen molar-refractivity contribution in [2.24, 2.45) is 0 Å². The van der Waals surface area contributed by atoms with Gasteiger partial charge in [0.1, 0.15) is 0 Å². The highest BCUT2D eigenvalue weighted by Crippen LogP contribution is 2.26. The van der Waals surface area contributed by atoms with E-state index in [0.29, 0.717) is 0 Å². The topological polar surface area (TPSA) is 0 Å². The van der Waals surface area contributed by atoms with Crippen molar-refractivity contribution in [2.45, 2.75) is 104 Å². The summed E-state index contributed by atoms with van der Waals surface area (Å²) >= 11 is 1.85. The van der Waals surface area contributed by atoms with Crippen LogP contribution in [0.2, 0.25) is 0 Å². The first kappa shape index (κ1) is 20.5. The Labute approximate surface area is 160 Å². The molecule has 0 aliphatic carbocycles. The van der Waals surface area contributed by atoms with Crippen molar-refractivity contribution < 1.29 is 0 Å². The Morgan fingerprint density at radius 2 is 0.960 bits per heavy atom. The summed E-state index contributed by atoms with van der Waals surface area (Å²) in [4.78, 5) is 0. The summed E-state index contributed by atoms with van der Waals surface area (Å²) in [7, 11) is 0. The van der Waals surface area contributed by atoms with Gasteiger partial charge in [-0.05, 0) is 58.3 Å². The average Bonchev–Trinajstić information content (AvgIpc) is 3.08. The second-order valence-electron chi connectivity index (χ2n) is 7.66. The lowest BCUT2D eigenvalue weighted by Crippen LogP contribution is -1.96. The fourth-order valence-electron chi connectivity index (χ4n) is 3.77. The molecule has 1 aromatic carbocycles. The normalized spacial score (nSPS) is 11.4. The fraction of sp³-hybridized carbons (Fsp3) is 0.667. The van der Waals surface area contributed by atoms with E-state index in [2.05, 4.69) is 36.7 Å². The molecular weight excluding hydrogens is 320 g/mol. The summed E-state index contributed by atoms with van der Waals surface area (Å²) < 4.78 is 0. The zero-order valence-corrected chi connectivity index (χ0v) is 17.4. The maximum Gasteiger partial charge on any atom is -0.00144 e. The molecule has 0 atom stereocenters. The van der Waals surface area contributed by atoms with Crippen molar-refractivity contribution in [1.29, 1.82) is 0 Å². The Morgan fingerprint density at radius 1 is 0.560 bits per heavy atom. The lowest BCUT2D eigenvalue weighted by Gasteiger charge is -2.11. The summed E-state index contributed by atoms with van der Waals surface area (Å²) in [6.07, 6.45) is 19.3. The van der Waals surface area contributed by atoms with Crippen LogP contribution < -0.4 is 0 Å². The third-order valence-electron chi connectivity index (χ3n) is 5.39. The molecule has 0 unspecified atom stereocenters. The Bertz CT molecular complexity index is 531. The zero-order valence-electron chi connectivity index (χ0n) is 16.6. The van der Waals surface area contributed by atoms with E-state index in [-0.39, 0.29) is 0 Å². The molecule has 0 N–H and O–H groups in total. The quantitative estimate of drug-likeness (QED) is 0.296. The van der Waals surface area contributed by atoms with Gasteiger partial charge in [0, 0.05) is 0 Å². The molecule has 0 saturated carbocycles. The lowest BCUT2D eigenvalue weighted by molar-refractivity contribution is 0.599. The van der Waals surface area contributed by atoms with Crippen molar-refractivity contribution in [3.63, 3.8) is 0 Å². The molecule has 2 aromatic rings. The van der Waals surface area contributed by atoms with Gasteiger partial charge in [-0.1, -0.05) is 90.2 Å². The molecule has 0 saturated heterocycles. The molecule has 1 aromatic heterocycles. The van der Waals surface area contributed by atoms with E-state index >= 15 is 0 Å². The van der Waals surface area contributed by atoms with E-state index in [1.807, 2.05) is 11.3 Å². The molecule has 2 rings (SSSR count). The summed E-state index contributed by atoms with van der Waals surface area (Å²) in [5, 5.41) is 7.54. The van der Waals surface area contributed by atoms with Crippen LogP contribution >= 0.6 is 11.3 Å². The van der Waals surface area contributed by atoms with Crippen molar-refractivity contribution in [3.8, 4) is 0 Å². The van der Waals surface area contributed by atoms with Gasteiger partial charge >= 0.3 is 0 Å². The zero-order chi connectivity index (χ0) is 17.7. The number of fused-ring (bicyclic) bond motifs is 1. The summed E-state index contributed by atoms with van der Waals surface area (Å²) in [5.74, 6) is 0. The first-order valence-electron chi connectivity index (χ1n) is 10.8. The Kier molecular flexibility index (Phi) is 10.3. The summed E-state index contributed by atoms with van der Waals surface area (Å²) in [6.45, 7) is 4.59. The first-order chi connectivity index (χ1) is 12.3. The van der Waals surface area contributed by atoms with Gasteiger partial charge in [-0.2, -0.15) is 11.3 Å². The molecule has 1 heterocycles. The van der Waals surface area contributed by atoms with Crippen LogP contribution in [0.4, 0.5) is 0 Å². The number of hydrogen-bond acceptors (Lipinski definition) is 1. The Morgan fingerprint density at radius 3 is 1.40 bits per heavy atom. The molecule has 0 fully saturated rings. The van der Waals surface area contributed by atoms with Crippen LogP contribution in [0.25, 0.3) is 10.8 Å². The van der Waals surface area contributed by atoms with Crippen LogP contribution in [0.15, 0.2) is 22.9 Å². The van der Waals surface area contributed by atoms with Crippen molar-refractivity contribution >= 4 is 22.1 Å². The standard InChI is InChI=1S/C24H38S/c1-3-5-7-9-11-13-15-21-17-23-19-25-20-24(23)18-22(21)16-14-12-10-8-6-4-2/h17-20H,3-16H2,1-2H3. The number of unbranched alkanes of at least 4 members (excludes halogenated alkanes) is 10. The van der Waals surface area contributed by atoms with Crippen LogP contribution in [0.3, 0.4) is 0 Å². The predicted octanol–water partition coefficient (Wildman–Crippen LogP) is 8.71. The number of rotatable bonds is 14. The van der Waals surface area contributed by atoms with Gasteiger partial charge in [-0.3, -0.25) is 0 Å². The van der Waals surface area contributed by atoms with Crippen molar-refractivity contribution in [3.05, 3.63) is 34.0 Å². The molecule has 0 aliphatic rings. The van der Waals surface area contributed by atoms with Gasteiger partial charge < -0.3 is 0 Å². The summed E-state index contributed by atoms with van der Waals surface area (Å²) in [5.41, 5.74) is 3.27. The van der Waals surface area contributed by atoms with E-state index in [0.717, 1.165) is 0 Å². The molecule has 140 valence electrons. The fourth-order valence-corrected chi connectivity index (χ4v) is 4.54. The smallest absolute Gasteiger partial charge is 0.00144 e. The maximum absolute atomic E-state index is 2.49. The Hall–Kier alpha value is -0.820. The minimum atomic E-state index is 1.28. The lowest BCUT2D eigenvalue weighted by atomic mass is 9.94. The number of thiophene rings is 1. The van der Waals surface area contributed by atoms with E-state index in [1.54, 1.807) is 11.1 Å². The largest absolute Gasteiger partial charge is 0.151 e. The van der Waals surface area contributed by atoms with Gasteiger partial charge in [0.15, 0.2) is 0 Å². The second kappa shape index (κ2) is 12.5. The minimum absolute atomic E-state index is 1.28. The number of benzene rings is 1. The molecule has 0 radical (unpaired) electrons.